The Kier molecular flexibility index (Phi) is 2.97. The first-order valence-corrected chi connectivity index (χ1v) is 7.10. The van der Waals surface area contributed by atoms with Gasteiger partial charge in [0.2, 0.25) is 5.56 Å². The molecule has 1 aliphatic heterocycles. The highest BCUT2D eigenvalue weighted by atomic mass is 16.5. The second-order valence-corrected chi connectivity index (χ2v) is 6.32. The summed E-state index contributed by atoms with van der Waals surface area (Å²) in [7, 11) is 0. The first-order valence-electron chi connectivity index (χ1n) is 7.10. The van der Waals surface area contributed by atoms with Crippen molar-refractivity contribution >= 4 is 11.0 Å². The van der Waals surface area contributed by atoms with E-state index in [4.69, 9.17) is 4.74 Å². The number of aromatic nitrogens is 3. The lowest BCUT2D eigenvalue weighted by Gasteiger charge is -2.35. The molecule has 5 heteroatoms. The van der Waals surface area contributed by atoms with Crippen molar-refractivity contribution in [3.05, 3.63) is 27.7 Å². The molecule has 20 heavy (non-hydrogen) atoms. The molecule has 1 atom stereocenters. The summed E-state index contributed by atoms with van der Waals surface area (Å²) < 4.78 is 7.76. The Labute approximate surface area is 117 Å². The predicted molar refractivity (Wildman–Crippen MR) is 78.1 cm³/mol. The van der Waals surface area contributed by atoms with Gasteiger partial charge in [-0.2, -0.15) is 5.10 Å². The third-order valence-electron chi connectivity index (χ3n) is 4.09. The molecular formula is C15H21N3O2. The van der Waals surface area contributed by atoms with Gasteiger partial charge in [0.15, 0.2) is 0 Å². The molecule has 2 aromatic heterocycles. The number of nitrogens with zero attached hydrogens (tertiary/aromatic N) is 2. The van der Waals surface area contributed by atoms with Crippen molar-refractivity contribution in [3.63, 3.8) is 0 Å². The average Bonchev–Trinajstić information content (AvgIpc) is 2.65. The summed E-state index contributed by atoms with van der Waals surface area (Å²) in [6.07, 6.45) is 1.83. The fraction of sp³-hybridized carbons (Fsp3) is 0.600. The van der Waals surface area contributed by atoms with E-state index in [9.17, 15) is 4.79 Å². The number of H-pyrrole nitrogens is 1. The summed E-state index contributed by atoms with van der Waals surface area (Å²) >= 11 is 0. The maximum atomic E-state index is 11.8. The molecule has 0 bridgehead atoms. The first-order chi connectivity index (χ1) is 9.37. The van der Waals surface area contributed by atoms with Crippen LogP contribution in [-0.4, -0.2) is 27.0 Å². The number of ether oxygens (including phenoxy) is 1. The maximum Gasteiger partial charge on any atom is 0.249 e. The zero-order valence-corrected chi connectivity index (χ0v) is 12.5. The Morgan fingerprint density at radius 2 is 2.20 bits per heavy atom. The van der Waals surface area contributed by atoms with Crippen LogP contribution in [0.4, 0.5) is 0 Å². The van der Waals surface area contributed by atoms with Gasteiger partial charge < -0.3 is 9.72 Å². The molecule has 108 valence electrons. The second kappa shape index (κ2) is 4.45. The number of aryl methyl sites for hydroxylation is 2. The molecular weight excluding hydrogens is 254 g/mol. The van der Waals surface area contributed by atoms with Gasteiger partial charge in [0.25, 0.3) is 0 Å². The molecule has 3 rings (SSSR count). The molecule has 0 spiro atoms. The van der Waals surface area contributed by atoms with E-state index in [0.717, 1.165) is 41.7 Å². The van der Waals surface area contributed by atoms with Crippen LogP contribution in [-0.2, 0) is 4.74 Å². The number of rotatable bonds is 1. The van der Waals surface area contributed by atoms with E-state index in [2.05, 4.69) is 23.9 Å². The molecule has 2 aromatic rings. The minimum atomic E-state index is -0.140. The van der Waals surface area contributed by atoms with Crippen LogP contribution in [0.1, 0.15) is 44.0 Å². The van der Waals surface area contributed by atoms with Gasteiger partial charge in [0.1, 0.15) is 5.65 Å². The zero-order valence-electron chi connectivity index (χ0n) is 12.5. The molecule has 0 radical (unpaired) electrons. The van der Waals surface area contributed by atoms with Crippen molar-refractivity contribution in [1.29, 1.82) is 0 Å². The smallest absolute Gasteiger partial charge is 0.249 e. The van der Waals surface area contributed by atoms with Crippen molar-refractivity contribution < 1.29 is 4.74 Å². The van der Waals surface area contributed by atoms with E-state index in [-0.39, 0.29) is 17.2 Å². The van der Waals surface area contributed by atoms with E-state index in [1.165, 1.54) is 0 Å². The summed E-state index contributed by atoms with van der Waals surface area (Å²) in [5, 5.41) is 5.74. The molecule has 0 aliphatic carbocycles. The van der Waals surface area contributed by atoms with E-state index < -0.39 is 0 Å². The van der Waals surface area contributed by atoms with Gasteiger partial charge in [-0.15, -0.1) is 0 Å². The van der Waals surface area contributed by atoms with Gasteiger partial charge in [-0.25, -0.2) is 4.68 Å². The molecule has 5 nitrogen and oxygen atoms in total. The Balaban J connectivity index is 2.15. The zero-order chi connectivity index (χ0) is 14.5. The molecule has 0 unspecified atom stereocenters. The standard InChI is InChI=1S/C15H21N3O2/c1-9-7-12(19)16-14-13(9)10(2)17-18(14)11-5-6-20-15(3,4)8-11/h7,11H,5-6,8H2,1-4H3,(H,16,19)/t11-/m0/s1. The number of hydrogen-bond acceptors (Lipinski definition) is 3. The predicted octanol–water partition coefficient (Wildman–Crippen LogP) is 2.47. The fourth-order valence-corrected chi connectivity index (χ4v) is 3.23. The minimum absolute atomic E-state index is 0.0672. The average molecular weight is 275 g/mol. The van der Waals surface area contributed by atoms with Crippen LogP contribution in [0.2, 0.25) is 0 Å². The van der Waals surface area contributed by atoms with Crippen LogP contribution in [0.3, 0.4) is 0 Å². The quantitative estimate of drug-likeness (QED) is 0.869. The van der Waals surface area contributed by atoms with E-state index in [0.29, 0.717) is 0 Å². The van der Waals surface area contributed by atoms with Gasteiger partial charge >= 0.3 is 0 Å². The third-order valence-corrected chi connectivity index (χ3v) is 4.09. The molecule has 1 N–H and O–H groups in total. The van der Waals surface area contributed by atoms with Crippen LogP contribution in [0.25, 0.3) is 11.0 Å². The minimum Gasteiger partial charge on any atom is -0.375 e. The third kappa shape index (κ3) is 2.16. The molecule has 1 aliphatic rings. The van der Waals surface area contributed by atoms with Crippen LogP contribution >= 0.6 is 0 Å². The van der Waals surface area contributed by atoms with Crippen molar-refractivity contribution in [2.45, 2.75) is 52.2 Å². The molecule has 3 heterocycles. The normalized spacial score (nSPS) is 22.3. The van der Waals surface area contributed by atoms with E-state index in [1.807, 2.05) is 18.5 Å². The second-order valence-electron chi connectivity index (χ2n) is 6.32. The van der Waals surface area contributed by atoms with Gasteiger partial charge in [0.05, 0.1) is 17.3 Å². The Bertz CT molecular complexity index is 712. The number of nitrogens with one attached hydrogen (secondary N) is 1. The molecule has 1 saturated heterocycles. The van der Waals surface area contributed by atoms with Crippen LogP contribution < -0.4 is 5.56 Å². The lowest BCUT2D eigenvalue weighted by atomic mass is 9.94. The monoisotopic (exact) mass is 275 g/mol. The van der Waals surface area contributed by atoms with Gasteiger partial charge in [-0.3, -0.25) is 4.79 Å². The summed E-state index contributed by atoms with van der Waals surface area (Å²) in [5.74, 6) is 0. The number of hydrogen-bond donors (Lipinski definition) is 1. The fourth-order valence-electron chi connectivity index (χ4n) is 3.23. The number of aromatic amines is 1. The van der Waals surface area contributed by atoms with Gasteiger partial charge in [0, 0.05) is 18.1 Å². The lowest BCUT2D eigenvalue weighted by Crippen LogP contribution is -2.35. The maximum absolute atomic E-state index is 11.8. The highest BCUT2D eigenvalue weighted by Gasteiger charge is 2.31. The largest absolute Gasteiger partial charge is 0.375 e. The van der Waals surface area contributed by atoms with Crippen molar-refractivity contribution in [1.82, 2.24) is 14.8 Å². The number of pyridine rings is 1. The topological polar surface area (TPSA) is 59.9 Å². The SMILES string of the molecule is Cc1cc(=O)[nH]c2c1c(C)nn2[C@H]1CCOC(C)(C)C1. The molecule has 0 amide bonds. The first kappa shape index (κ1) is 13.4. The number of fused-ring (bicyclic) bond motifs is 1. The Hall–Kier alpha value is -1.62. The molecule has 1 fully saturated rings. The van der Waals surface area contributed by atoms with Crippen molar-refractivity contribution in [3.8, 4) is 0 Å². The van der Waals surface area contributed by atoms with Crippen molar-refractivity contribution in [2.75, 3.05) is 6.61 Å². The Morgan fingerprint density at radius 1 is 1.45 bits per heavy atom. The van der Waals surface area contributed by atoms with Crippen molar-refractivity contribution in [2.24, 2.45) is 0 Å². The van der Waals surface area contributed by atoms with E-state index in [1.54, 1.807) is 6.07 Å². The van der Waals surface area contributed by atoms with Crippen LogP contribution in [0.5, 0.6) is 0 Å². The van der Waals surface area contributed by atoms with E-state index >= 15 is 0 Å². The lowest BCUT2D eigenvalue weighted by molar-refractivity contribution is -0.0702. The summed E-state index contributed by atoms with van der Waals surface area (Å²) in [6.45, 7) is 8.89. The molecule has 0 saturated carbocycles. The highest BCUT2D eigenvalue weighted by molar-refractivity contribution is 5.81. The summed E-state index contributed by atoms with van der Waals surface area (Å²) in [4.78, 5) is 14.7. The van der Waals surface area contributed by atoms with Gasteiger partial charge in [-0.1, -0.05) is 0 Å². The van der Waals surface area contributed by atoms with Crippen LogP contribution in [0.15, 0.2) is 10.9 Å². The van der Waals surface area contributed by atoms with Gasteiger partial charge in [-0.05, 0) is 46.1 Å². The summed E-state index contributed by atoms with van der Waals surface area (Å²) in [6, 6.07) is 1.90. The highest BCUT2D eigenvalue weighted by Crippen LogP contribution is 2.34. The van der Waals surface area contributed by atoms with Crippen LogP contribution in [0, 0.1) is 13.8 Å². The molecule has 0 aromatic carbocycles. The summed E-state index contributed by atoms with van der Waals surface area (Å²) in [5.41, 5.74) is 2.59. The Morgan fingerprint density at radius 3 is 2.90 bits per heavy atom.